The minimum atomic E-state index is -1.14. The Morgan fingerprint density at radius 3 is 2.24 bits per heavy atom. The van der Waals surface area contributed by atoms with E-state index in [2.05, 4.69) is 10.6 Å². The summed E-state index contributed by atoms with van der Waals surface area (Å²) in [6.45, 7) is 0.902. The quantitative estimate of drug-likeness (QED) is 0.308. The van der Waals surface area contributed by atoms with Crippen molar-refractivity contribution < 1.29 is 24.6 Å². The summed E-state index contributed by atoms with van der Waals surface area (Å²) in [5.74, 6) is -2.53. The monoisotopic (exact) mass is 480 g/mol. The molecule has 0 spiro atoms. The van der Waals surface area contributed by atoms with Crippen LogP contribution in [-0.2, 0) is 22.6 Å². The predicted molar refractivity (Wildman–Crippen MR) is 130 cm³/mol. The van der Waals surface area contributed by atoms with Crippen molar-refractivity contribution in [3.05, 3.63) is 94.5 Å². The minimum absolute atomic E-state index is 0.0502. The Hall–Kier alpha value is -3.68. The summed E-state index contributed by atoms with van der Waals surface area (Å²) >= 11 is 6.05. The fraction of sp³-hybridized carbons (Fsp3) is 0.192. The van der Waals surface area contributed by atoms with Gasteiger partial charge in [-0.2, -0.15) is 0 Å². The second-order valence-corrected chi connectivity index (χ2v) is 8.13. The highest BCUT2D eigenvalue weighted by Crippen LogP contribution is 2.24. The van der Waals surface area contributed by atoms with E-state index in [1.165, 1.54) is 0 Å². The predicted octanol–water partition coefficient (Wildman–Crippen LogP) is 4.00. The Kier molecular flexibility index (Phi) is 8.79. The number of aliphatic carboxylic acids is 2. The van der Waals surface area contributed by atoms with Gasteiger partial charge in [-0.15, -0.1) is 0 Å². The number of carbonyl (C=O) groups excluding carboxylic acids is 1. The maximum atomic E-state index is 12.5. The number of hydrogen-bond acceptors (Lipinski definition) is 4. The van der Waals surface area contributed by atoms with Crippen LogP contribution in [0.25, 0.3) is 11.1 Å². The molecule has 1 amide bonds. The van der Waals surface area contributed by atoms with Gasteiger partial charge in [0, 0.05) is 19.5 Å². The van der Waals surface area contributed by atoms with E-state index >= 15 is 0 Å². The summed E-state index contributed by atoms with van der Waals surface area (Å²) < 4.78 is 0. The molecule has 0 saturated carbocycles. The number of nitrogens with one attached hydrogen (secondary N) is 2. The number of amides is 1. The van der Waals surface area contributed by atoms with E-state index in [-0.39, 0.29) is 23.4 Å². The molecule has 176 valence electrons. The van der Waals surface area contributed by atoms with Crippen molar-refractivity contribution in [1.29, 1.82) is 0 Å². The number of carboxylic acid groups (broad SMARTS) is 2. The molecule has 1 unspecified atom stereocenters. The van der Waals surface area contributed by atoms with E-state index in [1.54, 1.807) is 24.3 Å². The molecule has 0 saturated heterocycles. The van der Waals surface area contributed by atoms with Crippen molar-refractivity contribution in [2.45, 2.75) is 25.4 Å². The van der Waals surface area contributed by atoms with Crippen molar-refractivity contribution in [2.75, 3.05) is 6.54 Å². The number of halogens is 1. The molecule has 3 rings (SSSR count). The standard InChI is InChI=1S/C26H25ClN2O5/c27-22-8-4-3-7-21(22)25(32)29-23(26(33)34)15-17-9-11-18(12-10-17)20-6-2-1-5-19(20)16-28-14-13-24(30)31/h1-12,23,28H,13-16H2,(H,29,32)(H,30,31)(H,33,34). The van der Waals surface area contributed by atoms with Gasteiger partial charge in [-0.1, -0.05) is 72.3 Å². The molecule has 3 aromatic carbocycles. The molecule has 0 aromatic heterocycles. The van der Waals surface area contributed by atoms with Crippen molar-refractivity contribution in [2.24, 2.45) is 0 Å². The Morgan fingerprint density at radius 1 is 0.882 bits per heavy atom. The van der Waals surface area contributed by atoms with Gasteiger partial charge in [0.15, 0.2) is 0 Å². The third kappa shape index (κ3) is 6.91. The van der Waals surface area contributed by atoms with E-state index in [4.69, 9.17) is 16.7 Å². The number of rotatable bonds is 11. The lowest BCUT2D eigenvalue weighted by Crippen LogP contribution is -2.42. The molecule has 0 bridgehead atoms. The molecule has 1 atom stereocenters. The molecule has 3 aromatic rings. The van der Waals surface area contributed by atoms with Crippen molar-refractivity contribution >= 4 is 29.4 Å². The Labute approximate surface area is 202 Å². The van der Waals surface area contributed by atoms with Crippen LogP contribution in [0.5, 0.6) is 0 Å². The van der Waals surface area contributed by atoms with Gasteiger partial charge >= 0.3 is 11.9 Å². The van der Waals surface area contributed by atoms with Crippen LogP contribution in [0.15, 0.2) is 72.8 Å². The molecule has 0 aliphatic rings. The topological polar surface area (TPSA) is 116 Å². The maximum Gasteiger partial charge on any atom is 0.326 e. The SMILES string of the molecule is O=C(O)CCNCc1ccccc1-c1ccc(CC(NC(=O)c2ccccc2Cl)C(=O)O)cc1. The van der Waals surface area contributed by atoms with E-state index in [0.717, 1.165) is 22.3 Å². The van der Waals surface area contributed by atoms with Crippen LogP contribution in [0, 0.1) is 0 Å². The highest BCUT2D eigenvalue weighted by atomic mass is 35.5. The van der Waals surface area contributed by atoms with Crippen LogP contribution in [0.4, 0.5) is 0 Å². The molecule has 8 heteroatoms. The van der Waals surface area contributed by atoms with Crippen LogP contribution in [0.2, 0.25) is 5.02 Å². The van der Waals surface area contributed by atoms with Gasteiger partial charge in [-0.25, -0.2) is 4.79 Å². The lowest BCUT2D eigenvalue weighted by Gasteiger charge is -2.16. The summed E-state index contributed by atoms with van der Waals surface area (Å²) in [6, 6.07) is 20.6. The molecule has 0 radical (unpaired) electrons. The number of benzene rings is 3. The zero-order valence-electron chi connectivity index (χ0n) is 18.3. The van der Waals surface area contributed by atoms with Crippen molar-refractivity contribution in [3.63, 3.8) is 0 Å². The number of carboxylic acids is 2. The first kappa shape index (κ1) is 25.0. The van der Waals surface area contributed by atoms with Crippen molar-refractivity contribution in [1.82, 2.24) is 10.6 Å². The average molecular weight is 481 g/mol. The largest absolute Gasteiger partial charge is 0.481 e. The van der Waals surface area contributed by atoms with E-state index in [1.807, 2.05) is 48.5 Å². The van der Waals surface area contributed by atoms with Crippen LogP contribution in [0.3, 0.4) is 0 Å². The summed E-state index contributed by atoms with van der Waals surface area (Å²) in [4.78, 5) is 34.9. The zero-order valence-corrected chi connectivity index (χ0v) is 19.1. The third-order valence-corrected chi connectivity index (χ3v) is 5.60. The Morgan fingerprint density at radius 2 is 1.56 bits per heavy atom. The fourth-order valence-corrected chi connectivity index (χ4v) is 3.73. The zero-order chi connectivity index (χ0) is 24.5. The van der Waals surface area contributed by atoms with Gasteiger partial charge in [-0.05, 0) is 34.4 Å². The number of carbonyl (C=O) groups is 3. The summed E-state index contributed by atoms with van der Waals surface area (Å²) in [7, 11) is 0. The molecule has 4 N–H and O–H groups in total. The first-order chi connectivity index (χ1) is 16.3. The molecular formula is C26H25ClN2O5. The Balaban J connectivity index is 1.69. The highest BCUT2D eigenvalue weighted by Gasteiger charge is 2.22. The smallest absolute Gasteiger partial charge is 0.326 e. The van der Waals surface area contributed by atoms with Crippen LogP contribution < -0.4 is 10.6 Å². The van der Waals surface area contributed by atoms with Gasteiger partial charge in [0.2, 0.25) is 0 Å². The average Bonchev–Trinajstić information content (AvgIpc) is 2.82. The van der Waals surface area contributed by atoms with E-state index in [9.17, 15) is 19.5 Å². The van der Waals surface area contributed by atoms with Gasteiger partial charge in [0.25, 0.3) is 5.91 Å². The summed E-state index contributed by atoms with van der Waals surface area (Å²) in [5, 5.41) is 24.3. The third-order valence-electron chi connectivity index (χ3n) is 5.28. The van der Waals surface area contributed by atoms with Crippen LogP contribution in [-0.4, -0.2) is 40.6 Å². The normalized spacial score (nSPS) is 11.6. The Bertz CT molecular complexity index is 1160. The molecule has 7 nitrogen and oxygen atoms in total. The molecular weight excluding hydrogens is 456 g/mol. The summed E-state index contributed by atoms with van der Waals surface area (Å²) in [5.41, 5.74) is 3.95. The van der Waals surface area contributed by atoms with E-state index in [0.29, 0.717) is 13.1 Å². The molecule has 0 aliphatic carbocycles. The second-order valence-electron chi connectivity index (χ2n) is 7.72. The fourth-order valence-electron chi connectivity index (χ4n) is 3.51. The lowest BCUT2D eigenvalue weighted by atomic mass is 9.97. The molecule has 0 heterocycles. The minimum Gasteiger partial charge on any atom is -0.481 e. The van der Waals surface area contributed by atoms with Crippen LogP contribution in [0.1, 0.15) is 27.9 Å². The van der Waals surface area contributed by atoms with Gasteiger partial charge in [0.05, 0.1) is 17.0 Å². The maximum absolute atomic E-state index is 12.5. The van der Waals surface area contributed by atoms with Crippen molar-refractivity contribution in [3.8, 4) is 11.1 Å². The highest BCUT2D eigenvalue weighted by molar-refractivity contribution is 6.33. The number of hydrogen-bond donors (Lipinski definition) is 4. The first-order valence-corrected chi connectivity index (χ1v) is 11.1. The molecule has 0 fully saturated rings. The summed E-state index contributed by atoms with van der Waals surface area (Å²) in [6.07, 6.45) is 0.165. The van der Waals surface area contributed by atoms with Gasteiger partial charge < -0.3 is 20.8 Å². The van der Waals surface area contributed by atoms with Crippen LogP contribution >= 0.6 is 11.6 Å². The first-order valence-electron chi connectivity index (χ1n) is 10.7. The molecule has 34 heavy (non-hydrogen) atoms. The lowest BCUT2D eigenvalue weighted by molar-refractivity contribution is -0.139. The second kappa shape index (κ2) is 12.0. The van der Waals surface area contributed by atoms with Gasteiger partial charge in [-0.3, -0.25) is 9.59 Å². The van der Waals surface area contributed by atoms with E-state index < -0.39 is 23.9 Å². The van der Waals surface area contributed by atoms with Gasteiger partial charge in [0.1, 0.15) is 6.04 Å². The molecule has 0 aliphatic heterocycles.